The lowest BCUT2D eigenvalue weighted by Crippen LogP contribution is -2.42. The van der Waals surface area contributed by atoms with E-state index in [9.17, 15) is 18.0 Å². The van der Waals surface area contributed by atoms with Crippen molar-refractivity contribution in [1.29, 1.82) is 0 Å². The minimum absolute atomic E-state index is 0.0289. The maximum Gasteiger partial charge on any atom is 0.266 e. The second kappa shape index (κ2) is 13.1. The number of aromatic nitrogens is 2. The van der Waals surface area contributed by atoms with E-state index < -0.39 is 10.0 Å². The number of benzene rings is 2. The summed E-state index contributed by atoms with van der Waals surface area (Å²) in [4.78, 5) is 25.5. The third-order valence-corrected chi connectivity index (χ3v) is 9.40. The number of rotatable bonds is 10. The number of sulfonamides is 1. The molecular formula is C33H43N5O4S. The van der Waals surface area contributed by atoms with Gasteiger partial charge in [-0.25, -0.2) is 17.8 Å². The molecule has 1 aliphatic heterocycles. The molecule has 3 aromatic rings. The number of hydrogen-bond acceptors (Lipinski definition) is 6. The van der Waals surface area contributed by atoms with E-state index in [2.05, 4.69) is 45.6 Å². The van der Waals surface area contributed by atoms with Crippen LogP contribution in [-0.4, -0.2) is 42.9 Å². The molecule has 2 heterocycles. The number of aryl methyl sites for hydroxylation is 1. The second-order valence-corrected chi connectivity index (χ2v) is 14.3. The van der Waals surface area contributed by atoms with Crippen LogP contribution in [0.4, 0.5) is 0 Å². The van der Waals surface area contributed by atoms with Gasteiger partial charge in [-0.1, -0.05) is 54.8 Å². The monoisotopic (exact) mass is 605 g/mol. The summed E-state index contributed by atoms with van der Waals surface area (Å²) in [6.07, 6.45) is 5.74. The molecule has 10 heteroatoms. The maximum atomic E-state index is 13.3. The van der Waals surface area contributed by atoms with Crippen LogP contribution >= 0.6 is 0 Å². The summed E-state index contributed by atoms with van der Waals surface area (Å²) in [6.45, 7) is 7.05. The van der Waals surface area contributed by atoms with Crippen LogP contribution < -0.4 is 20.9 Å². The lowest BCUT2D eigenvalue weighted by Gasteiger charge is -2.36. The summed E-state index contributed by atoms with van der Waals surface area (Å²) in [5.41, 5.74) is 5.81. The number of nitrogens with one attached hydrogen (secondary N) is 3. The molecule has 0 bridgehead atoms. The molecule has 3 N–H and O–H groups in total. The third kappa shape index (κ3) is 7.60. The van der Waals surface area contributed by atoms with E-state index in [0.29, 0.717) is 24.6 Å². The highest BCUT2D eigenvalue weighted by molar-refractivity contribution is 7.88. The van der Waals surface area contributed by atoms with Crippen molar-refractivity contribution in [3.05, 3.63) is 98.5 Å². The Morgan fingerprint density at radius 3 is 2.60 bits per heavy atom. The predicted molar refractivity (Wildman–Crippen MR) is 169 cm³/mol. The minimum atomic E-state index is -3.26. The van der Waals surface area contributed by atoms with Gasteiger partial charge < -0.3 is 10.6 Å². The van der Waals surface area contributed by atoms with Gasteiger partial charge in [-0.05, 0) is 74.8 Å². The van der Waals surface area contributed by atoms with E-state index in [1.165, 1.54) is 16.5 Å². The Kier molecular flexibility index (Phi) is 9.48. The van der Waals surface area contributed by atoms with Gasteiger partial charge in [-0.15, -0.1) is 0 Å². The minimum Gasteiger partial charge on any atom is -0.345 e. The zero-order chi connectivity index (χ0) is 30.7. The zero-order valence-corrected chi connectivity index (χ0v) is 26.3. The number of nitrogens with zero attached hydrogens (tertiary/aromatic N) is 2. The molecule has 5 rings (SSSR count). The molecule has 1 aliphatic carbocycles. The second-order valence-electron chi connectivity index (χ2n) is 12.5. The largest absolute Gasteiger partial charge is 0.345 e. The Bertz CT molecular complexity index is 1630. The highest BCUT2D eigenvalue weighted by atomic mass is 32.2. The lowest BCUT2D eigenvalue weighted by molar-refractivity contribution is 0.0913. The van der Waals surface area contributed by atoms with Gasteiger partial charge in [0, 0.05) is 36.7 Å². The van der Waals surface area contributed by atoms with Crippen LogP contribution in [0.1, 0.15) is 95.8 Å². The van der Waals surface area contributed by atoms with Crippen LogP contribution in [0.5, 0.6) is 0 Å². The fourth-order valence-corrected chi connectivity index (χ4v) is 7.56. The van der Waals surface area contributed by atoms with E-state index in [1.54, 1.807) is 12.1 Å². The molecule has 1 saturated carbocycles. The Morgan fingerprint density at radius 1 is 1.05 bits per heavy atom. The third-order valence-electron chi connectivity index (χ3n) is 8.64. The average Bonchev–Trinajstić information content (AvgIpc) is 2.94. The quantitative estimate of drug-likeness (QED) is 0.319. The fraction of sp³-hybridized carbons (Fsp3) is 0.485. The summed E-state index contributed by atoms with van der Waals surface area (Å²) in [6, 6.07) is 17.3. The first-order chi connectivity index (χ1) is 20.5. The first-order valence-corrected chi connectivity index (χ1v) is 17.1. The van der Waals surface area contributed by atoms with Gasteiger partial charge in [0.2, 0.25) is 10.0 Å². The van der Waals surface area contributed by atoms with Gasteiger partial charge in [-0.2, -0.15) is 5.10 Å². The van der Waals surface area contributed by atoms with Crippen molar-refractivity contribution in [2.24, 2.45) is 5.92 Å². The van der Waals surface area contributed by atoms with Crippen molar-refractivity contribution in [3.8, 4) is 0 Å². The van der Waals surface area contributed by atoms with Crippen molar-refractivity contribution in [2.75, 3.05) is 12.8 Å². The molecule has 1 unspecified atom stereocenters. The highest BCUT2D eigenvalue weighted by Crippen LogP contribution is 2.39. The molecule has 1 aromatic heterocycles. The van der Waals surface area contributed by atoms with Gasteiger partial charge in [0.25, 0.3) is 11.5 Å². The van der Waals surface area contributed by atoms with Gasteiger partial charge in [0.05, 0.1) is 24.0 Å². The van der Waals surface area contributed by atoms with Crippen molar-refractivity contribution in [3.63, 3.8) is 0 Å². The molecule has 230 valence electrons. The van der Waals surface area contributed by atoms with Gasteiger partial charge in [0.15, 0.2) is 0 Å². The topological polar surface area (TPSA) is 122 Å². The summed E-state index contributed by atoms with van der Waals surface area (Å²) in [5.74, 6) is 0.237. The summed E-state index contributed by atoms with van der Waals surface area (Å²) in [7, 11) is -3.26. The van der Waals surface area contributed by atoms with E-state index >= 15 is 0 Å². The molecule has 1 fully saturated rings. The number of amides is 1. The molecule has 43 heavy (non-hydrogen) atoms. The number of carbonyl (C=O) groups excluding carboxylic acids is 1. The molecule has 2 aromatic carbocycles. The molecule has 4 atom stereocenters. The molecule has 9 nitrogen and oxygen atoms in total. The summed E-state index contributed by atoms with van der Waals surface area (Å²) >= 11 is 0. The standard InChI is InChI=1S/C33H43N5O4S/c1-21(2)38-31(39)15-13-26(36-38)19-34-20-30-28-10-5-6-11-29(28)33(40)35-32(30)27-14-12-22(3)16-24(27)17-23-8-7-9-25(18-23)37-43(4,41)42/h5-6,10-16,21,23,25,30,32,34,37H,7-9,17-20H2,1-4H3,(H,35,40)/t23?,25-,30+,32-/m0/s1. The fourth-order valence-electron chi connectivity index (χ4n) is 6.75. The van der Waals surface area contributed by atoms with Crippen molar-refractivity contribution in [1.82, 2.24) is 25.1 Å². The summed E-state index contributed by atoms with van der Waals surface area (Å²) in [5, 5.41) is 11.4. The highest BCUT2D eigenvalue weighted by Gasteiger charge is 2.36. The van der Waals surface area contributed by atoms with Crippen LogP contribution in [0.15, 0.2) is 59.4 Å². The van der Waals surface area contributed by atoms with E-state index in [0.717, 1.165) is 54.5 Å². The first kappa shape index (κ1) is 31.1. The van der Waals surface area contributed by atoms with Gasteiger partial charge >= 0.3 is 0 Å². The Morgan fingerprint density at radius 2 is 1.84 bits per heavy atom. The van der Waals surface area contributed by atoms with Crippen LogP contribution in [-0.2, 0) is 23.0 Å². The van der Waals surface area contributed by atoms with Crippen molar-refractivity contribution < 1.29 is 13.2 Å². The Hall–Kier alpha value is -3.34. The molecule has 0 spiro atoms. The normalized spacial score (nSPS) is 22.3. The number of fused-ring (bicyclic) bond motifs is 1. The number of carbonyl (C=O) groups is 1. The molecule has 0 radical (unpaired) electrons. The van der Waals surface area contributed by atoms with E-state index in [1.807, 2.05) is 38.1 Å². The molecule has 1 amide bonds. The molecule has 0 saturated heterocycles. The van der Waals surface area contributed by atoms with Gasteiger partial charge in [0.1, 0.15) is 0 Å². The molecule has 2 aliphatic rings. The van der Waals surface area contributed by atoms with Crippen LogP contribution in [0, 0.1) is 12.8 Å². The number of hydrogen-bond donors (Lipinski definition) is 3. The van der Waals surface area contributed by atoms with Gasteiger partial charge in [-0.3, -0.25) is 9.59 Å². The molecular weight excluding hydrogens is 562 g/mol. The Labute approximate surface area is 254 Å². The van der Waals surface area contributed by atoms with Crippen LogP contribution in [0.3, 0.4) is 0 Å². The average molecular weight is 606 g/mol. The maximum absolute atomic E-state index is 13.3. The van der Waals surface area contributed by atoms with Crippen molar-refractivity contribution >= 4 is 15.9 Å². The zero-order valence-electron chi connectivity index (χ0n) is 25.5. The predicted octanol–water partition coefficient (Wildman–Crippen LogP) is 4.14. The Balaban J connectivity index is 1.41. The van der Waals surface area contributed by atoms with Crippen LogP contribution in [0.25, 0.3) is 0 Å². The lowest BCUT2D eigenvalue weighted by atomic mass is 9.76. The summed E-state index contributed by atoms with van der Waals surface area (Å²) < 4.78 is 28.1. The smallest absolute Gasteiger partial charge is 0.266 e. The van der Waals surface area contributed by atoms with Crippen molar-refractivity contribution in [2.45, 2.75) is 83.5 Å². The van der Waals surface area contributed by atoms with Crippen LogP contribution in [0.2, 0.25) is 0 Å². The van der Waals surface area contributed by atoms with E-state index in [-0.39, 0.29) is 35.5 Å². The first-order valence-electron chi connectivity index (χ1n) is 15.2. The van der Waals surface area contributed by atoms with E-state index in [4.69, 9.17) is 0 Å². The SMILES string of the molecule is Cc1ccc([C@@H]2NC(=O)c3ccccc3[C@H]2CNCc2ccc(=O)n(C(C)C)n2)c(CC2CCC[C@H](NS(C)(=O)=O)C2)c1.